The third-order valence-electron chi connectivity index (χ3n) is 12.9. The number of rotatable bonds is 12. The largest absolute Gasteiger partial charge is 0.337 e. The Morgan fingerprint density at radius 3 is 1.12 bits per heavy atom. The van der Waals surface area contributed by atoms with Gasteiger partial charge in [-0.1, -0.05) is 120 Å². The second kappa shape index (κ2) is 13.5. The Morgan fingerprint density at radius 1 is 0.535 bits per heavy atom. The minimum atomic E-state index is -0.452. The summed E-state index contributed by atoms with van der Waals surface area (Å²) in [4.78, 5) is 26.1. The van der Waals surface area contributed by atoms with E-state index in [1.807, 2.05) is 0 Å². The summed E-state index contributed by atoms with van der Waals surface area (Å²) in [7, 11) is 0. The van der Waals surface area contributed by atoms with Gasteiger partial charge in [-0.05, 0) is 97.3 Å². The number of hydrogen-bond acceptors (Lipinski definition) is 4. The van der Waals surface area contributed by atoms with Crippen molar-refractivity contribution in [2.24, 2.45) is 39.9 Å². The van der Waals surface area contributed by atoms with Crippen molar-refractivity contribution < 1.29 is 19.6 Å². The Labute approximate surface area is 264 Å². The smallest absolute Gasteiger partial charge is 0.161 e. The van der Waals surface area contributed by atoms with Crippen LogP contribution in [0.15, 0.2) is 48.0 Å². The molecule has 4 aliphatic rings. The van der Waals surface area contributed by atoms with E-state index in [-0.39, 0.29) is 16.2 Å². The molecule has 0 aliphatic heterocycles. The van der Waals surface area contributed by atoms with Crippen LogP contribution in [0.2, 0.25) is 0 Å². The van der Waals surface area contributed by atoms with Gasteiger partial charge in [0.05, 0.1) is 0 Å². The lowest BCUT2D eigenvalue weighted by atomic mass is 9.55. The van der Waals surface area contributed by atoms with Crippen molar-refractivity contribution in [3.8, 4) is 0 Å². The summed E-state index contributed by atoms with van der Waals surface area (Å²) in [5, 5.41) is 0. The molecule has 0 N–H and O–H groups in total. The molecule has 0 unspecified atom stereocenters. The zero-order valence-electron chi connectivity index (χ0n) is 29.4. The molecule has 0 saturated heterocycles. The van der Waals surface area contributed by atoms with Crippen molar-refractivity contribution in [3.63, 3.8) is 0 Å². The van der Waals surface area contributed by atoms with Crippen LogP contribution in [0.3, 0.4) is 0 Å². The van der Waals surface area contributed by atoms with Gasteiger partial charge in [-0.25, -0.2) is 0 Å². The molecular formula is C39H64O4. The van der Waals surface area contributed by atoms with E-state index in [1.54, 1.807) is 0 Å². The molecule has 0 atom stereocenters. The Kier molecular flexibility index (Phi) is 10.7. The highest BCUT2D eigenvalue weighted by Crippen LogP contribution is 2.57. The van der Waals surface area contributed by atoms with Gasteiger partial charge in [0.1, 0.15) is 11.2 Å². The van der Waals surface area contributed by atoms with Crippen molar-refractivity contribution in [1.82, 2.24) is 0 Å². The molecule has 0 amide bonds. The third kappa shape index (κ3) is 6.44. The van der Waals surface area contributed by atoms with E-state index in [2.05, 4.69) is 106 Å². The maximum absolute atomic E-state index is 6.73. The van der Waals surface area contributed by atoms with Crippen LogP contribution in [-0.4, -0.2) is 11.2 Å². The van der Waals surface area contributed by atoms with Gasteiger partial charge in [0.15, 0.2) is 11.5 Å². The minimum absolute atomic E-state index is 0.165. The lowest BCUT2D eigenvalue weighted by Crippen LogP contribution is -2.62. The van der Waals surface area contributed by atoms with Crippen LogP contribution in [0.4, 0.5) is 0 Å². The highest BCUT2D eigenvalue weighted by molar-refractivity contribution is 5.24. The van der Waals surface area contributed by atoms with Crippen LogP contribution in [-0.2, 0) is 19.6 Å². The summed E-state index contributed by atoms with van der Waals surface area (Å²) in [6.07, 6.45) is 26.4. The molecule has 0 spiro atoms. The third-order valence-corrected chi connectivity index (χ3v) is 12.9. The van der Waals surface area contributed by atoms with Gasteiger partial charge < -0.3 is 9.78 Å². The lowest BCUT2D eigenvalue weighted by molar-refractivity contribution is -0.425. The van der Waals surface area contributed by atoms with E-state index in [0.29, 0.717) is 23.7 Å². The van der Waals surface area contributed by atoms with Gasteiger partial charge in [-0.2, -0.15) is 9.78 Å². The Hall–Kier alpha value is -1.52. The molecule has 0 aromatic heterocycles. The van der Waals surface area contributed by atoms with Crippen LogP contribution in [0.25, 0.3) is 0 Å². The summed E-state index contributed by atoms with van der Waals surface area (Å²) in [6.45, 7) is 23.4. The predicted molar refractivity (Wildman–Crippen MR) is 178 cm³/mol. The monoisotopic (exact) mass is 596 g/mol. The molecule has 244 valence electrons. The first-order valence-electron chi connectivity index (χ1n) is 17.8. The van der Waals surface area contributed by atoms with Crippen LogP contribution < -0.4 is 0 Å². The van der Waals surface area contributed by atoms with E-state index < -0.39 is 11.2 Å². The molecular weight excluding hydrogens is 532 g/mol. The van der Waals surface area contributed by atoms with E-state index in [1.165, 1.54) is 12.8 Å². The highest BCUT2D eigenvalue weighted by atomic mass is 17.2. The van der Waals surface area contributed by atoms with Crippen molar-refractivity contribution in [3.05, 3.63) is 48.0 Å². The summed E-state index contributed by atoms with van der Waals surface area (Å²) >= 11 is 0. The van der Waals surface area contributed by atoms with Gasteiger partial charge in [-0.15, -0.1) is 0 Å². The molecule has 4 aliphatic carbocycles. The average molecular weight is 597 g/mol. The van der Waals surface area contributed by atoms with Crippen molar-refractivity contribution in [2.75, 3.05) is 0 Å². The summed E-state index contributed by atoms with van der Waals surface area (Å²) in [6, 6.07) is 0. The van der Waals surface area contributed by atoms with E-state index in [9.17, 15) is 0 Å². The Balaban J connectivity index is 1.54. The Morgan fingerprint density at radius 2 is 0.860 bits per heavy atom. The van der Waals surface area contributed by atoms with Crippen molar-refractivity contribution in [1.29, 1.82) is 0 Å². The van der Waals surface area contributed by atoms with Crippen molar-refractivity contribution >= 4 is 0 Å². The summed E-state index contributed by atoms with van der Waals surface area (Å²) in [5.74, 6) is 3.94. The fraction of sp³-hybridized carbons (Fsp3) is 0.795. The highest BCUT2D eigenvalue weighted by Gasteiger charge is 2.62. The molecule has 4 rings (SSSR count). The zero-order chi connectivity index (χ0) is 31.5. The quantitative estimate of drug-likeness (QED) is 0.166. The van der Waals surface area contributed by atoms with Gasteiger partial charge in [0.2, 0.25) is 0 Å². The van der Waals surface area contributed by atoms with Gasteiger partial charge in [-0.3, -0.25) is 0 Å². The van der Waals surface area contributed by atoms with Gasteiger partial charge in [0.25, 0.3) is 0 Å². The number of allylic oxidation sites excluding steroid dienone is 6. The average Bonchev–Trinajstić information content (AvgIpc) is 2.99. The summed E-state index contributed by atoms with van der Waals surface area (Å²) < 4.78 is 0. The zero-order valence-corrected chi connectivity index (χ0v) is 29.4. The summed E-state index contributed by atoms with van der Waals surface area (Å²) in [5.41, 5.74) is -0.895. The maximum atomic E-state index is 6.73. The van der Waals surface area contributed by atoms with Gasteiger partial charge in [0, 0.05) is 5.41 Å². The molecule has 2 fully saturated rings. The molecule has 0 bridgehead atoms. The molecule has 43 heavy (non-hydrogen) atoms. The minimum Gasteiger partial charge on any atom is -0.337 e. The molecule has 0 heterocycles. The second-order valence-electron chi connectivity index (χ2n) is 16.2. The number of hydrogen-bond donors (Lipinski definition) is 0. The molecule has 0 aromatic rings. The molecule has 4 nitrogen and oxygen atoms in total. The maximum Gasteiger partial charge on any atom is 0.161 e. The lowest BCUT2D eigenvalue weighted by Gasteiger charge is -2.56. The van der Waals surface area contributed by atoms with E-state index in [4.69, 9.17) is 19.6 Å². The topological polar surface area (TPSA) is 36.9 Å². The molecule has 0 radical (unpaired) electrons. The van der Waals surface area contributed by atoms with E-state index >= 15 is 0 Å². The molecule has 4 heteroatoms. The van der Waals surface area contributed by atoms with E-state index in [0.717, 1.165) is 75.7 Å². The fourth-order valence-corrected chi connectivity index (χ4v) is 9.01. The molecule has 2 saturated carbocycles. The normalized spacial score (nSPS) is 24.8. The SMILES string of the molecule is CC(C)C1(C(C)C)C=CC(OOC2(C(C)(C)C3(OOC4=CCC(C(C)C)(C(C)C)C=C4)CCCCC3)CCCCC2)=CC1. The predicted octanol–water partition coefficient (Wildman–Crippen LogP) is 11.6. The standard InChI is InChI=1S/C39H64O4/c1-29(2)36(30(3)4)25-17-33(18-26-36)40-42-38(21-13-11-14-22-38)35(9,10)39(23-15-12-16-24-39)43-41-34-19-27-37(28-20-34,31(5)6)32(7)8/h17-20,25,27,29-32H,11-16,21-24,26,28H2,1-10H3. The van der Waals surface area contributed by atoms with Crippen LogP contribution in [0.1, 0.15) is 146 Å². The van der Waals surface area contributed by atoms with Crippen LogP contribution in [0, 0.1) is 39.9 Å². The first-order valence-corrected chi connectivity index (χ1v) is 17.8. The first-order chi connectivity index (χ1) is 20.3. The van der Waals surface area contributed by atoms with Crippen molar-refractivity contribution in [2.45, 2.75) is 157 Å². The fourth-order valence-electron chi connectivity index (χ4n) is 9.01. The van der Waals surface area contributed by atoms with Gasteiger partial charge >= 0.3 is 0 Å². The Bertz CT molecular complexity index is 943. The van der Waals surface area contributed by atoms with Crippen LogP contribution >= 0.6 is 0 Å². The molecule has 0 aromatic carbocycles. The second-order valence-corrected chi connectivity index (χ2v) is 16.2. The van der Waals surface area contributed by atoms with Crippen LogP contribution in [0.5, 0.6) is 0 Å². The first kappa shape index (κ1) is 34.4.